The molecule has 0 bridgehead atoms. The van der Waals surface area contributed by atoms with E-state index in [9.17, 15) is 18.0 Å². The summed E-state index contributed by atoms with van der Waals surface area (Å²) in [6.45, 7) is 6.88. The van der Waals surface area contributed by atoms with Crippen molar-refractivity contribution in [3.05, 3.63) is 71.8 Å². The molecule has 0 spiro atoms. The molecule has 0 saturated carbocycles. The van der Waals surface area contributed by atoms with E-state index in [1.54, 1.807) is 24.0 Å². The van der Waals surface area contributed by atoms with Crippen molar-refractivity contribution in [1.29, 1.82) is 0 Å². The van der Waals surface area contributed by atoms with Crippen molar-refractivity contribution in [3.63, 3.8) is 0 Å². The zero-order valence-corrected chi connectivity index (χ0v) is 22.6. The van der Waals surface area contributed by atoms with E-state index in [1.165, 1.54) is 4.31 Å². The monoisotopic (exact) mass is 521 g/mol. The van der Waals surface area contributed by atoms with Crippen molar-refractivity contribution < 1.29 is 18.0 Å². The minimum Gasteiger partial charge on any atom is -0.354 e. The van der Waals surface area contributed by atoms with E-state index in [-0.39, 0.29) is 24.8 Å². The summed E-state index contributed by atoms with van der Waals surface area (Å²) in [5.74, 6) is -0.356. The Morgan fingerprint density at radius 1 is 1.03 bits per heavy atom. The first-order valence-electron chi connectivity index (χ1n) is 12.9. The Balaban J connectivity index is 1.48. The Morgan fingerprint density at radius 2 is 1.76 bits per heavy atom. The van der Waals surface area contributed by atoms with E-state index >= 15 is 0 Å². The maximum Gasteiger partial charge on any atom is 0.265 e. The zero-order valence-electron chi connectivity index (χ0n) is 21.7. The first-order valence-corrected chi connectivity index (χ1v) is 14.3. The molecule has 0 aliphatic carbocycles. The number of nitrogens with zero attached hydrogens (tertiary/aromatic N) is 2. The molecule has 3 aromatic carbocycles. The first kappa shape index (κ1) is 26.7. The third kappa shape index (κ3) is 5.64. The minimum absolute atomic E-state index is 0.136. The van der Waals surface area contributed by atoms with Crippen molar-refractivity contribution in [2.75, 3.05) is 17.4 Å². The van der Waals surface area contributed by atoms with E-state index in [0.717, 1.165) is 34.7 Å². The van der Waals surface area contributed by atoms with Gasteiger partial charge in [0.15, 0.2) is 0 Å². The molecule has 1 aliphatic heterocycles. The third-order valence-corrected chi connectivity index (χ3v) is 8.72. The molecule has 1 aliphatic rings. The molecular formula is C29H35N3O4S. The topological polar surface area (TPSA) is 86.8 Å². The molecule has 0 saturated heterocycles. The van der Waals surface area contributed by atoms with Gasteiger partial charge in [0.2, 0.25) is 11.8 Å². The van der Waals surface area contributed by atoms with E-state index in [4.69, 9.17) is 0 Å². The SMILES string of the molecule is CCCCNC(=O)C(C)N(Cc1cccc(C)c1)C(=O)CCCN1c2cccc3cccc(c23)S1(=O)=O. The number of amides is 2. The average molecular weight is 522 g/mol. The third-order valence-electron chi connectivity index (χ3n) is 6.87. The van der Waals surface area contributed by atoms with Crippen LogP contribution in [0.2, 0.25) is 0 Å². The van der Waals surface area contributed by atoms with Gasteiger partial charge in [-0.3, -0.25) is 13.9 Å². The van der Waals surface area contributed by atoms with Crippen molar-refractivity contribution in [3.8, 4) is 0 Å². The average Bonchev–Trinajstić information content (AvgIpc) is 3.10. The molecule has 0 radical (unpaired) electrons. The van der Waals surface area contributed by atoms with Crippen molar-refractivity contribution in [1.82, 2.24) is 10.2 Å². The quantitative estimate of drug-likeness (QED) is 0.368. The van der Waals surface area contributed by atoms with Gasteiger partial charge in [-0.05, 0) is 49.8 Å². The van der Waals surface area contributed by atoms with Crippen LogP contribution in [0, 0.1) is 6.92 Å². The maximum absolute atomic E-state index is 13.4. The number of hydrogen-bond acceptors (Lipinski definition) is 4. The highest BCUT2D eigenvalue weighted by Gasteiger charge is 2.35. The van der Waals surface area contributed by atoms with E-state index in [1.807, 2.05) is 55.5 Å². The van der Waals surface area contributed by atoms with Gasteiger partial charge in [0, 0.05) is 31.4 Å². The Labute approximate surface area is 219 Å². The Bertz CT molecular complexity index is 1400. The Morgan fingerprint density at radius 3 is 2.49 bits per heavy atom. The molecule has 196 valence electrons. The van der Waals surface area contributed by atoms with E-state index < -0.39 is 16.1 Å². The number of aryl methyl sites for hydroxylation is 1. The number of carbonyl (C=O) groups is 2. The second-order valence-corrected chi connectivity index (χ2v) is 11.5. The molecule has 37 heavy (non-hydrogen) atoms. The summed E-state index contributed by atoms with van der Waals surface area (Å²) < 4.78 is 27.9. The summed E-state index contributed by atoms with van der Waals surface area (Å²) in [6, 6.07) is 18.1. The number of nitrogens with one attached hydrogen (secondary N) is 1. The molecule has 7 nitrogen and oxygen atoms in total. The van der Waals surface area contributed by atoms with Crippen LogP contribution in [-0.2, 0) is 26.2 Å². The van der Waals surface area contributed by atoms with Crippen LogP contribution in [-0.4, -0.2) is 44.3 Å². The second-order valence-electron chi connectivity index (χ2n) is 9.64. The molecule has 0 aromatic heterocycles. The predicted molar refractivity (Wildman–Crippen MR) is 147 cm³/mol. The lowest BCUT2D eigenvalue weighted by molar-refractivity contribution is -0.140. The van der Waals surface area contributed by atoms with Crippen LogP contribution in [0.25, 0.3) is 10.8 Å². The van der Waals surface area contributed by atoms with Crippen LogP contribution < -0.4 is 9.62 Å². The predicted octanol–water partition coefficient (Wildman–Crippen LogP) is 4.77. The number of hydrogen-bond donors (Lipinski definition) is 1. The van der Waals surface area contributed by atoms with Crippen LogP contribution in [0.15, 0.2) is 65.6 Å². The lowest BCUT2D eigenvalue weighted by Crippen LogP contribution is -2.47. The molecule has 2 amide bonds. The van der Waals surface area contributed by atoms with Gasteiger partial charge in [0.25, 0.3) is 10.0 Å². The molecule has 1 atom stereocenters. The number of carbonyl (C=O) groups excluding carboxylic acids is 2. The summed E-state index contributed by atoms with van der Waals surface area (Å²) >= 11 is 0. The van der Waals surface area contributed by atoms with Gasteiger partial charge >= 0.3 is 0 Å². The lowest BCUT2D eigenvalue weighted by Gasteiger charge is -2.29. The summed E-state index contributed by atoms with van der Waals surface area (Å²) in [6.07, 6.45) is 2.33. The molecule has 4 rings (SSSR count). The van der Waals surface area contributed by atoms with Gasteiger partial charge in [-0.2, -0.15) is 0 Å². The maximum atomic E-state index is 13.4. The van der Waals surface area contributed by atoms with E-state index in [0.29, 0.717) is 30.1 Å². The van der Waals surface area contributed by atoms with Crippen molar-refractivity contribution in [2.45, 2.75) is 63.9 Å². The molecule has 8 heteroatoms. The number of unbranched alkanes of at least 4 members (excludes halogenated alkanes) is 1. The smallest absolute Gasteiger partial charge is 0.265 e. The van der Waals surface area contributed by atoms with E-state index in [2.05, 4.69) is 12.2 Å². The summed E-state index contributed by atoms with van der Waals surface area (Å²) in [4.78, 5) is 28.2. The molecule has 1 heterocycles. The van der Waals surface area contributed by atoms with Gasteiger partial charge in [0.1, 0.15) is 6.04 Å². The standard InChI is InChI=1S/C29H35N3O4S/c1-4-5-17-30-29(34)22(3)31(20-23-11-6-10-21(2)19-23)27(33)16-9-18-32-25-14-7-12-24-13-8-15-26(28(24)25)37(32,35)36/h6-8,10-15,19,22H,4-5,9,16-18,20H2,1-3H3,(H,30,34). The fraction of sp³-hybridized carbons (Fsp3) is 0.379. The summed E-state index contributed by atoms with van der Waals surface area (Å²) in [5, 5.41) is 4.54. The second kappa shape index (κ2) is 11.3. The Kier molecular flexibility index (Phi) is 8.17. The lowest BCUT2D eigenvalue weighted by atomic mass is 10.1. The molecular weight excluding hydrogens is 486 g/mol. The summed E-state index contributed by atoms with van der Waals surface area (Å²) in [5.41, 5.74) is 2.68. The van der Waals surface area contributed by atoms with Gasteiger partial charge in [-0.15, -0.1) is 0 Å². The Hall–Kier alpha value is -3.39. The number of benzene rings is 3. The highest BCUT2D eigenvalue weighted by molar-refractivity contribution is 7.93. The fourth-order valence-electron chi connectivity index (χ4n) is 4.84. The number of sulfonamides is 1. The van der Waals surface area contributed by atoms with Crippen LogP contribution >= 0.6 is 0 Å². The highest BCUT2D eigenvalue weighted by atomic mass is 32.2. The normalized spacial score (nSPS) is 14.5. The van der Waals surface area contributed by atoms with Gasteiger partial charge < -0.3 is 10.2 Å². The van der Waals surface area contributed by atoms with Crippen LogP contribution in [0.5, 0.6) is 0 Å². The van der Waals surface area contributed by atoms with Crippen LogP contribution in [0.3, 0.4) is 0 Å². The van der Waals surface area contributed by atoms with Crippen LogP contribution in [0.4, 0.5) is 5.69 Å². The molecule has 1 unspecified atom stereocenters. The van der Waals surface area contributed by atoms with Gasteiger partial charge in [0.05, 0.1) is 10.6 Å². The van der Waals surface area contributed by atoms with Gasteiger partial charge in [-0.25, -0.2) is 8.42 Å². The van der Waals surface area contributed by atoms with Crippen molar-refractivity contribution in [2.24, 2.45) is 0 Å². The largest absolute Gasteiger partial charge is 0.354 e. The zero-order chi connectivity index (χ0) is 26.6. The molecule has 1 N–H and O–H groups in total. The number of rotatable bonds is 11. The molecule has 0 fully saturated rings. The summed E-state index contributed by atoms with van der Waals surface area (Å²) in [7, 11) is -3.67. The first-order chi connectivity index (χ1) is 17.7. The minimum atomic E-state index is -3.67. The highest BCUT2D eigenvalue weighted by Crippen LogP contribution is 2.42. The number of anilines is 1. The molecule has 3 aromatic rings. The van der Waals surface area contributed by atoms with Crippen molar-refractivity contribution >= 4 is 38.3 Å². The van der Waals surface area contributed by atoms with Gasteiger partial charge in [-0.1, -0.05) is 67.4 Å². The fourth-order valence-corrected chi connectivity index (χ4v) is 6.59. The van der Waals surface area contributed by atoms with Crippen LogP contribution in [0.1, 0.15) is 50.7 Å².